The van der Waals surface area contributed by atoms with Crippen LogP contribution in [0.4, 0.5) is 5.69 Å². The quantitative estimate of drug-likeness (QED) is 0.725. The van der Waals surface area contributed by atoms with Crippen LogP contribution in [0, 0.1) is 6.92 Å². The molecule has 0 spiro atoms. The van der Waals surface area contributed by atoms with Crippen LogP contribution in [0.5, 0.6) is 0 Å². The van der Waals surface area contributed by atoms with Gasteiger partial charge in [-0.25, -0.2) is 18.1 Å². The van der Waals surface area contributed by atoms with Gasteiger partial charge in [0.05, 0.1) is 10.6 Å². The fourth-order valence-electron chi connectivity index (χ4n) is 2.42. The van der Waals surface area contributed by atoms with Gasteiger partial charge in [0.25, 0.3) is 15.9 Å². The molecule has 2 aromatic heterocycles. The molecule has 0 saturated carbocycles. The number of carbonyl (C=O) groups excluding carboxylic acids is 2. The Labute approximate surface area is 149 Å². The zero-order valence-electron chi connectivity index (χ0n) is 14.1. The molecule has 2 heterocycles. The largest absolute Gasteiger partial charge is 0.322 e. The summed E-state index contributed by atoms with van der Waals surface area (Å²) >= 11 is 0. The Balaban J connectivity index is 1.77. The number of pyridine rings is 1. The second kappa shape index (κ2) is 6.60. The Morgan fingerprint density at radius 3 is 2.46 bits per heavy atom. The van der Waals surface area contributed by atoms with E-state index in [0.717, 1.165) is 12.6 Å². The Kier molecular flexibility index (Phi) is 4.47. The van der Waals surface area contributed by atoms with E-state index in [2.05, 4.69) is 10.3 Å². The number of hydrogen-bond acceptors (Lipinski definition) is 5. The molecule has 8 nitrogen and oxygen atoms in total. The van der Waals surface area contributed by atoms with Gasteiger partial charge >= 0.3 is 0 Å². The van der Waals surface area contributed by atoms with Crippen molar-refractivity contribution in [2.75, 3.05) is 5.32 Å². The highest BCUT2D eigenvalue weighted by molar-refractivity contribution is 7.90. The molecule has 0 radical (unpaired) electrons. The molecule has 2 N–H and O–H groups in total. The van der Waals surface area contributed by atoms with Crippen LogP contribution < -0.4 is 10.0 Å². The summed E-state index contributed by atoms with van der Waals surface area (Å²) in [4.78, 5) is 27.5. The van der Waals surface area contributed by atoms with Crippen molar-refractivity contribution in [1.82, 2.24) is 14.1 Å². The van der Waals surface area contributed by atoms with Crippen LogP contribution in [0.25, 0.3) is 5.65 Å². The van der Waals surface area contributed by atoms with E-state index in [-0.39, 0.29) is 10.8 Å². The molecular formula is C17H16N4O4S. The Hall–Kier alpha value is -3.20. The lowest BCUT2D eigenvalue weighted by Crippen LogP contribution is -2.28. The monoisotopic (exact) mass is 372 g/mol. The third kappa shape index (κ3) is 3.72. The van der Waals surface area contributed by atoms with Gasteiger partial charge in [-0.15, -0.1) is 0 Å². The average molecular weight is 372 g/mol. The Morgan fingerprint density at radius 2 is 1.81 bits per heavy atom. The molecule has 9 heteroatoms. The first-order valence-electron chi connectivity index (χ1n) is 7.65. The molecule has 2 amide bonds. The number of aryl methyl sites for hydroxylation is 1. The average Bonchev–Trinajstić information content (AvgIpc) is 2.93. The molecule has 0 aliphatic rings. The van der Waals surface area contributed by atoms with Crippen molar-refractivity contribution in [3.63, 3.8) is 0 Å². The number of imidazole rings is 1. The van der Waals surface area contributed by atoms with E-state index in [1.54, 1.807) is 18.3 Å². The van der Waals surface area contributed by atoms with Gasteiger partial charge in [0.15, 0.2) is 0 Å². The van der Waals surface area contributed by atoms with Gasteiger partial charge in [-0.3, -0.25) is 9.59 Å². The van der Waals surface area contributed by atoms with Crippen LogP contribution in [0.15, 0.2) is 53.7 Å². The highest BCUT2D eigenvalue weighted by Crippen LogP contribution is 2.16. The van der Waals surface area contributed by atoms with E-state index in [0.29, 0.717) is 16.9 Å². The number of hydrogen-bond donors (Lipinski definition) is 2. The summed E-state index contributed by atoms with van der Waals surface area (Å²) in [5.74, 6) is -1.02. The van der Waals surface area contributed by atoms with Crippen LogP contribution in [0.3, 0.4) is 0 Å². The molecule has 26 heavy (non-hydrogen) atoms. The molecule has 0 fully saturated rings. The highest BCUT2D eigenvalue weighted by Gasteiger charge is 2.15. The van der Waals surface area contributed by atoms with Crippen molar-refractivity contribution in [3.8, 4) is 0 Å². The van der Waals surface area contributed by atoms with Crippen LogP contribution in [-0.2, 0) is 14.8 Å². The summed E-state index contributed by atoms with van der Waals surface area (Å²) < 4.78 is 27.5. The maximum Gasteiger partial charge on any atom is 0.264 e. The number of carbonyl (C=O) groups is 2. The molecule has 134 valence electrons. The molecule has 0 bridgehead atoms. The Morgan fingerprint density at radius 1 is 1.12 bits per heavy atom. The lowest BCUT2D eigenvalue weighted by molar-refractivity contribution is -0.117. The molecule has 3 aromatic rings. The van der Waals surface area contributed by atoms with E-state index in [4.69, 9.17) is 0 Å². The summed E-state index contributed by atoms with van der Waals surface area (Å²) in [5, 5.41) is 2.69. The zero-order chi connectivity index (χ0) is 18.9. The molecule has 0 saturated heterocycles. The number of benzene rings is 1. The first kappa shape index (κ1) is 17.6. The van der Waals surface area contributed by atoms with Crippen molar-refractivity contribution in [1.29, 1.82) is 0 Å². The number of sulfonamides is 1. The maximum absolute atomic E-state index is 12.4. The van der Waals surface area contributed by atoms with Gasteiger partial charge in [-0.05, 0) is 43.3 Å². The van der Waals surface area contributed by atoms with Crippen LogP contribution in [0.1, 0.15) is 23.0 Å². The zero-order valence-corrected chi connectivity index (χ0v) is 14.9. The normalized spacial score (nSPS) is 11.3. The number of nitrogens with zero attached hydrogens (tertiary/aromatic N) is 2. The number of rotatable bonds is 4. The molecule has 0 aliphatic carbocycles. The number of amides is 2. The summed E-state index contributed by atoms with van der Waals surface area (Å²) in [6.07, 6.45) is 3.60. The fourth-order valence-corrected chi connectivity index (χ4v) is 3.41. The van der Waals surface area contributed by atoms with E-state index in [1.165, 1.54) is 24.3 Å². The van der Waals surface area contributed by atoms with E-state index < -0.39 is 15.9 Å². The van der Waals surface area contributed by atoms with Crippen molar-refractivity contribution in [3.05, 3.63) is 60.0 Å². The molecule has 0 atom stereocenters. The molecule has 3 rings (SSSR count). The maximum atomic E-state index is 12.4. The first-order valence-corrected chi connectivity index (χ1v) is 9.13. The summed E-state index contributed by atoms with van der Waals surface area (Å²) in [6, 6.07) is 8.84. The third-order valence-electron chi connectivity index (χ3n) is 3.54. The van der Waals surface area contributed by atoms with Crippen LogP contribution in [0.2, 0.25) is 0 Å². The number of nitrogens with one attached hydrogen (secondary N) is 2. The minimum Gasteiger partial charge on any atom is -0.322 e. The van der Waals surface area contributed by atoms with Crippen molar-refractivity contribution < 1.29 is 18.0 Å². The predicted molar refractivity (Wildman–Crippen MR) is 95.3 cm³/mol. The lowest BCUT2D eigenvalue weighted by Gasteiger charge is -2.08. The van der Waals surface area contributed by atoms with E-state index in [1.807, 2.05) is 22.2 Å². The highest BCUT2D eigenvalue weighted by atomic mass is 32.2. The van der Waals surface area contributed by atoms with E-state index in [9.17, 15) is 18.0 Å². The van der Waals surface area contributed by atoms with Gasteiger partial charge in [0.2, 0.25) is 5.91 Å². The standard InChI is InChI=1S/C17H16N4O4S/c1-11-10-21-8-7-13(9-16(21)18-11)17(23)19-14-3-5-15(6-4-14)26(24,25)20-12(2)22/h3-10H,1-2H3,(H,19,23)(H,20,22). The lowest BCUT2D eigenvalue weighted by atomic mass is 10.2. The van der Waals surface area contributed by atoms with Gasteiger partial charge in [-0.2, -0.15) is 0 Å². The molecule has 1 aromatic carbocycles. The van der Waals surface area contributed by atoms with Gasteiger partial charge in [-0.1, -0.05) is 0 Å². The molecule has 0 unspecified atom stereocenters. The second-order valence-corrected chi connectivity index (χ2v) is 7.39. The second-order valence-electron chi connectivity index (χ2n) is 5.70. The third-order valence-corrected chi connectivity index (χ3v) is 4.99. The van der Waals surface area contributed by atoms with Gasteiger partial charge < -0.3 is 9.72 Å². The minimum atomic E-state index is -3.90. The molecule has 0 aliphatic heterocycles. The predicted octanol–water partition coefficient (Wildman–Crippen LogP) is 1.72. The van der Waals surface area contributed by atoms with E-state index >= 15 is 0 Å². The summed E-state index contributed by atoms with van der Waals surface area (Å²) in [5.41, 5.74) is 2.36. The number of anilines is 1. The molecular weight excluding hydrogens is 356 g/mol. The SMILES string of the molecule is CC(=O)NS(=O)(=O)c1ccc(NC(=O)c2ccn3cc(C)nc3c2)cc1. The smallest absolute Gasteiger partial charge is 0.264 e. The summed E-state index contributed by atoms with van der Waals surface area (Å²) in [7, 11) is -3.90. The van der Waals surface area contributed by atoms with Crippen LogP contribution in [-0.4, -0.2) is 29.6 Å². The first-order chi connectivity index (χ1) is 12.2. The minimum absolute atomic E-state index is 0.0695. The Bertz CT molecular complexity index is 1100. The number of aromatic nitrogens is 2. The van der Waals surface area contributed by atoms with Crippen molar-refractivity contribution >= 4 is 33.2 Å². The van der Waals surface area contributed by atoms with Crippen molar-refractivity contribution in [2.24, 2.45) is 0 Å². The summed E-state index contributed by atoms with van der Waals surface area (Å²) in [6.45, 7) is 2.98. The van der Waals surface area contributed by atoms with Crippen molar-refractivity contribution in [2.45, 2.75) is 18.7 Å². The topological polar surface area (TPSA) is 110 Å². The fraction of sp³-hybridized carbons (Fsp3) is 0.118. The number of fused-ring (bicyclic) bond motifs is 1. The van der Waals surface area contributed by atoms with Gasteiger partial charge in [0.1, 0.15) is 5.65 Å². The van der Waals surface area contributed by atoms with Crippen LogP contribution >= 0.6 is 0 Å². The van der Waals surface area contributed by atoms with Gasteiger partial charge in [0, 0.05) is 30.6 Å².